The highest BCUT2D eigenvalue weighted by Crippen LogP contribution is 2.26. The van der Waals surface area contributed by atoms with Gasteiger partial charge in [-0.05, 0) is 62.0 Å². The maximum atomic E-state index is 14.7. The lowest BCUT2D eigenvalue weighted by Crippen LogP contribution is -2.30. The summed E-state index contributed by atoms with van der Waals surface area (Å²) in [6, 6.07) is 7.59. The summed E-state index contributed by atoms with van der Waals surface area (Å²) in [4.78, 5) is 4.54. The molecule has 5 nitrogen and oxygen atoms in total. The molecule has 1 aromatic carbocycles. The summed E-state index contributed by atoms with van der Waals surface area (Å²) in [6.45, 7) is 2.12. The van der Waals surface area contributed by atoms with E-state index in [-0.39, 0.29) is 5.82 Å². The van der Waals surface area contributed by atoms with Crippen LogP contribution in [-0.4, -0.2) is 32.3 Å². The van der Waals surface area contributed by atoms with Crippen LogP contribution in [0.3, 0.4) is 0 Å². The fourth-order valence-electron chi connectivity index (χ4n) is 4.09. The van der Waals surface area contributed by atoms with Crippen LogP contribution < -0.4 is 5.32 Å². The SMILES string of the molecule is Cn1cc2cc(-c3cc(F)c4nc(CC5CCCNC5)cn4c3)ccc2n1. The molecule has 138 valence electrons. The van der Waals surface area contributed by atoms with Gasteiger partial charge in [0.25, 0.3) is 0 Å². The zero-order valence-electron chi connectivity index (χ0n) is 15.3. The third-order valence-corrected chi connectivity index (χ3v) is 5.41. The van der Waals surface area contributed by atoms with Gasteiger partial charge in [-0.2, -0.15) is 5.10 Å². The molecule has 1 aliphatic heterocycles. The number of nitrogens with one attached hydrogen (secondary N) is 1. The number of halogens is 1. The standard InChI is InChI=1S/C21H22FN5/c1-26-11-17-8-15(4-5-20(17)25-26)16-9-19(22)21-24-18(13-27(21)12-16)7-14-3-2-6-23-10-14/h4-5,8-9,11-14,23H,2-3,6-7,10H2,1H3. The summed E-state index contributed by atoms with van der Waals surface area (Å²) in [7, 11) is 1.90. The zero-order valence-corrected chi connectivity index (χ0v) is 15.3. The molecule has 4 aromatic rings. The molecule has 27 heavy (non-hydrogen) atoms. The largest absolute Gasteiger partial charge is 0.316 e. The third kappa shape index (κ3) is 3.10. The highest BCUT2D eigenvalue weighted by Gasteiger charge is 2.17. The first-order valence-electron chi connectivity index (χ1n) is 9.47. The van der Waals surface area contributed by atoms with Gasteiger partial charge in [0.1, 0.15) is 0 Å². The smallest absolute Gasteiger partial charge is 0.173 e. The van der Waals surface area contributed by atoms with E-state index in [0.29, 0.717) is 11.6 Å². The van der Waals surface area contributed by atoms with E-state index in [4.69, 9.17) is 0 Å². The molecule has 0 saturated carbocycles. The van der Waals surface area contributed by atoms with Crippen molar-refractivity contribution in [3.63, 3.8) is 0 Å². The molecule has 1 unspecified atom stereocenters. The highest BCUT2D eigenvalue weighted by molar-refractivity contribution is 5.84. The Morgan fingerprint density at radius 3 is 2.96 bits per heavy atom. The third-order valence-electron chi connectivity index (χ3n) is 5.41. The average molecular weight is 363 g/mol. The fourth-order valence-corrected chi connectivity index (χ4v) is 4.09. The van der Waals surface area contributed by atoms with Crippen LogP contribution in [0.5, 0.6) is 0 Å². The molecule has 0 radical (unpaired) electrons. The number of aryl methyl sites for hydroxylation is 1. The normalized spacial score (nSPS) is 17.8. The first-order valence-corrected chi connectivity index (χ1v) is 9.47. The molecule has 1 atom stereocenters. The second-order valence-electron chi connectivity index (χ2n) is 7.53. The Labute approximate surface area is 156 Å². The number of nitrogens with zero attached hydrogens (tertiary/aromatic N) is 4. The maximum absolute atomic E-state index is 14.7. The lowest BCUT2D eigenvalue weighted by molar-refractivity contribution is 0.374. The van der Waals surface area contributed by atoms with Gasteiger partial charge in [-0.25, -0.2) is 9.37 Å². The quantitative estimate of drug-likeness (QED) is 0.605. The lowest BCUT2D eigenvalue weighted by atomic mass is 9.95. The number of hydrogen-bond donors (Lipinski definition) is 1. The molecule has 1 fully saturated rings. The maximum Gasteiger partial charge on any atom is 0.173 e. The van der Waals surface area contributed by atoms with Crippen molar-refractivity contribution in [3.05, 3.63) is 54.4 Å². The van der Waals surface area contributed by atoms with Crippen molar-refractivity contribution in [2.24, 2.45) is 13.0 Å². The van der Waals surface area contributed by atoms with Crippen LogP contribution in [0, 0.1) is 11.7 Å². The zero-order chi connectivity index (χ0) is 18.4. The van der Waals surface area contributed by atoms with Crippen LogP contribution in [0.25, 0.3) is 27.7 Å². The molecule has 3 aromatic heterocycles. The highest BCUT2D eigenvalue weighted by atomic mass is 19.1. The minimum Gasteiger partial charge on any atom is -0.316 e. The van der Waals surface area contributed by atoms with Crippen LogP contribution >= 0.6 is 0 Å². The number of pyridine rings is 1. The Balaban J connectivity index is 1.51. The van der Waals surface area contributed by atoms with Gasteiger partial charge in [-0.15, -0.1) is 0 Å². The van der Waals surface area contributed by atoms with Crippen molar-refractivity contribution in [1.82, 2.24) is 24.5 Å². The number of benzene rings is 1. The van der Waals surface area contributed by atoms with Gasteiger partial charge >= 0.3 is 0 Å². The van der Waals surface area contributed by atoms with Crippen molar-refractivity contribution in [2.75, 3.05) is 13.1 Å². The molecule has 0 bridgehead atoms. The molecule has 1 N–H and O–H groups in total. The number of imidazole rings is 1. The molecular formula is C21H22FN5. The summed E-state index contributed by atoms with van der Waals surface area (Å²) in [5.41, 5.74) is 4.12. The van der Waals surface area contributed by atoms with Crippen LogP contribution in [-0.2, 0) is 13.5 Å². The van der Waals surface area contributed by atoms with Gasteiger partial charge in [0.05, 0.1) is 11.2 Å². The fraction of sp³-hybridized carbons (Fsp3) is 0.333. The lowest BCUT2D eigenvalue weighted by Gasteiger charge is -2.21. The average Bonchev–Trinajstić information content (AvgIpc) is 3.24. The summed E-state index contributed by atoms with van der Waals surface area (Å²) in [5, 5.41) is 8.88. The number of piperidine rings is 1. The second-order valence-corrected chi connectivity index (χ2v) is 7.53. The van der Waals surface area contributed by atoms with E-state index >= 15 is 0 Å². The summed E-state index contributed by atoms with van der Waals surface area (Å²) in [5.74, 6) is 0.297. The molecular weight excluding hydrogens is 341 g/mol. The van der Waals surface area contributed by atoms with E-state index in [1.54, 1.807) is 10.7 Å². The van der Waals surface area contributed by atoms with Crippen LogP contribution in [0.2, 0.25) is 0 Å². The Morgan fingerprint density at radius 2 is 2.11 bits per heavy atom. The van der Waals surface area contributed by atoms with Crippen LogP contribution in [0.4, 0.5) is 4.39 Å². The summed E-state index contributed by atoms with van der Waals surface area (Å²) < 4.78 is 18.3. The first-order chi connectivity index (χ1) is 13.2. The minimum atomic E-state index is -0.285. The molecule has 0 amide bonds. The number of aromatic nitrogens is 4. The molecule has 4 heterocycles. The molecule has 1 aliphatic rings. The van der Waals surface area contributed by atoms with E-state index in [0.717, 1.165) is 47.2 Å². The Hall–Kier alpha value is -2.73. The van der Waals surface area contributed by atoms with Crippen LogP contribution in [0.15, 0.2) is 42.9 Å². The van der Waals surface area contributed by atoms with E-state index in [9.17, 15) is 4.39 Å². The molecule has 0 spiro atoms. The van der Waals surface area contributed by atoms with E-state index in [1.165, 1.54) is 12.8 Å². The monoisotopic (exact) mass is 363 g/mol. The van der Waals surface area contributed by atoms with Gasteiger partial charge in [-0.3, -0.25) is 4.68 Å². The van der Waals surface area contributed by atoms with Gasteiger partial charge in [0.15, 0.2) is 11.5 Å². The first kappa shape index (κ1) is 16.4. The van der Waals surface area contributed by atoms with Crippen molar-refractivity contribution < 1.29 is 4.39 Å². The second kappa shape index (κ2) is 6.46. The molecule has 1 saturated heterocycles. The van der Waals surface area contributed by atoms with Crippen molar-refractivity contribution >= 4 is 16.6 Å². The van der Waals surface area contributed by atoms with Gasteiger partial charge in [0.2, 0.25) is 0 Å². The molecule has 6 heteroatoms. The summed E-state index contributed by atoms with van der Waals surface area (Å²) in [6.07, 6.45) is 9.21. The van der Waals surface area contributed by atoms with Gasteiger partial charge in [0, 0.05) is 36.6 Å². The number of rotatable bonds is 3. The predicted octanol–water partition coefficient (Wildman–Crippen LogP) is 3.57. The Morgan fingerprint density at radius 1 is 1.19 bits per heavy atom. The van der Waals surface area contributed by atoms with Crippen molar-refractivity contribution in [3.8, 4) is 11.1 Å². The van der Waals surface area contributed by atoms with E-state index in [2.05, 4.69) is 21.5 Å². The Kier molecular flexibility index (Phi) is 3.93. The van der Waals surface area contributed by atoms with Gasteiger partial charge in [-0.1, -0.05) is 6.07 Å². The minimum absolute atomic E-state index is 0.285. The number of fused-ring (bicyclic) bond motifs is 2. The number of hydrogen-bond acceptors (Lipinski definition) is 3. The van der Waals surface area contributed by atoms with E-state index < -0.39 is 0 Å². The van der Waals surface area contributed by atoms with Gasteiger partial charge < -0.3 is 9.72 Å². The van der Waals surface area contributed by atoms with Crippen molar-refractivity contribution in [1.29, 1.82) is 0 Å². The van der Waals surface area contributed by atoms with Crippen molar-refractivity contribution in [2.45, 2.75) is 19.3 Å². The predicted molar refractivity (Wildman–Crippen MR) is 104 cm³/mol. The van der Waals surface area contributed by atoms with E-state index in [1.807, 2.05) is 42.2 Å². The summed E-state index contributed by atoms with van der Waals surface area (Å²) >= 11 is 0. The Bertz CT molecular complexity index is 1120. The molecule has 0 aliphatic carbocycles. The topological polar surface area (TPSA) is 47.2 Å². The van der Waals surface area contributed by atoms with Crippen LogP contribution in [0.1, 0.15) is 18.5 Å². The molecule has 5 rings (SSSR count).